The maximum atomic E-state index is 12.9. The van der Waals surface area contributed by atoms with Crippen LogP contribution in [0.15, 0.2) is 85.1 Å². The maximum absolute atomic E-state index is 12.9. The first-order valence-corrected chi connectivity index (χ1v) is 34.6. The highest BCUT2D eigenvalue weighted by atomic mass is 16.6. The zero-order valence-corrected chi connectivity index (χ0v) is 53.1. The van der Waals surface area contributed by atoms with Gasteiger partial charge in [-0.2, -0.15) is 0 Å². The highest BCUT2D eigenvalue weighted by molar-refractivity contribution is 5.71. The van der Waals surface area contributed by atoms with Crippen molar-refractivity contribution in [3.63, 3.8) is 0 Å². The van der Waals surface area contributed by atoms with E-state index < -0.39 is 6.10 Å². The molecule has 0 aliphatic rings. The molecule has 0 saturated carbocycles. The van der Waals surface area contributed by atoms with Gasteiger partial charge in [-0.1, -0.05) is 337 Å². The van der Waals surface area contributed by atoms with E-state index in [1.807, 2.05) is 0 Å². The quantitative estimate of drug-likeness (QED) is 0.0261. The SMILES string of the molecule is CC/C=C\C/C=C\C/C=C\C/C=C\C/C=C\C/C=C\C/C=C\CCCCCCCCCCCCCCCC(=O)OCC(COC(=O)CCCCCCCCCC)OC(=O)CCCCCCCCCCCCCCCCCCCCC. The summed E-state index contributed by atoms with van der Waals surface area (Å²) in [5.74, 6) is -0.857. The number of hydrogen-bond acceptors (Lipinski definition) is 6. The summed E-state index contributed by atoms with van der Waals surface area (Å²) in [5.41, 5.74) is 0. The fraction of sp³-hybridized carbons (Fsp3) is 0.770. The van der Waals surface area contributed by atoms with Crippen LogP contribution in [-0.2, 0) is 28.6 Å². The number of hydrogen-bond donors (Lipinski definition) is 0. The summed E-state index contributed by atoms with van der Waals surface area (Å²) in [7, 11) is 0. The summed E-state index contributed by atoms with van der Waals surface area (Å²) in [6, 6.07) is 0. The van der Waals surface area contributed by atoms with E-state index in [0.29, 0.717) is 19.3 Å². The van der Waals surface area contributed by atoms with Crippen LogP contribution in [0.3, 0.4) is 0 Å². The first kappa shape index (κ1) is 76.6. The van der Waals surface area contributed by atoms with Crippen molar-refractivity contribution in [1.82, 2.24) is 0 Å². The number of ether oxygens (including phenoxy) is 3. The van der Waals surface area contributed by atoms with Crippen molar-refractivity contribution >= 4 is 17.9 Å². The molecule has 0 aliphatic heterocycles. The summed E-state index contributed by atoms with van der Waals surface area (Å²) in [4.78, 5) is 38.2. The second kappa shape index (κ2) is 68.1. The minimum atomic E-state index is -0.771. The standard InChI is InChI=1S/C74H130O6/c1-4-7-10-13-16-19-21-23-25-27-29-30-31-32-33-34-35-36-37-38-39-40-41-42-43-44-46-47-49-51-53-55-58-61-64-67-73(76)79-70-71(69-78-72(75)66-63-60-57-18-15-12-9-6-3)80-74(77)68-65-62-59-56-54-52-50-48-45-28-26-24-22-20-17-14-11-8-5-2/h7,10,16,19,23,25,29-30,32-33,35-36,38-39,71H,4-6,8-9,11-15,17-18,20-22,24,26-28,31,34,37,40-70H2,1-3H3/b10-7-,19-16-,25-23-,30-29-,33-32-,36-35-,39-38-. The minimum Gasteiger partial charge on any atom is -0.462 e. The number of allylic oxidation sites excluding steroid dienone is 14. The fourth-order valence-electron chi connectivity index (χ4n) is 10.0. The summed E-state index contributed by atoms with van der Waals surface area (Å²) in [6.45, 7) is 6.54. The number of esters is 3. The first-order chi connectivity index (χ1) is 39.5. The van der Waals surface area contributed by atoms with E-state index in [-0.39, 0.29) is 31.1 Å². The zero-order valence-electron chi connectivity index (χ0n) is 53.1. The Kier molecular flexibility index (Phi) is 65.2. The summed E-state index contributed by atoms with van der Waals surface area (Å²) < 4.78 is 16.9. The van der Waals surface area contributed by atoms with E-state index >= 15 is 0 Å². The molecule has 0 N–H and O–H groups in total. The minimum absolute atomic E-state index is 0.0702. The molecule has 0 aromatic heterocycles. The van der Waals surface area contributed by atoms with Crippen molar-refractivity contribution in [2.75, 3.05) is 13.2 Å². The molecule has 0 amide bonds. The molecule has 6 nitrogen and oxygen atoms in total. The topological polar surface area (TPSA) is 78.9 Å². The van der Waals surface area contributed by atoms with E-state index in [1.165, 1.54) is 205 Å². The molecule has 0 aromatic rings. The van der Waals surface area contributed by atoms with Gasteiger partial charge in [-0.25, -0.2) is 0 Å². The van der Waals surface area contributed by atoms with Gasteiger partial charge in [0.25, 0.3) is 0 Å². The number of carbonyl (C=O) groups excluding carboxylic acids is 3. The van der Waals surface area contributed by atoms with Crippen LogP contribution < -0.4 is 0 Å². The smallest absolute Gasteiger partial charge is 0.306 e. The fourth-order valence-corrected chi connectivity index (χ4v) is 10.0. The van der Waals surface area contributed by atoms with Crippen LogP contribution in [0.5, 0.6) is 0 Å². The Morgan fingerprint density at radius 1 is 0.263 bits per heavy atom. The van der Waals surface area contributed by atoms with Crippen LogP contribution in [0.1, 0.15) is 348 Å². The largest absolute Gasteiger partial charge is 0.462 e. The van der Waals surface area contributed by atoms with Crippen LogP contribution in [0.4, 0.5) is 0 Å². The van der Waals surface area contributed by atoms with Gasteiger partial charge >= 0.3 is 17.9 Å². The molecule has 0 fully saturated rings. The van der Waals surface area contributed by atoms with Crippen LogP contribution in [0, 0.1) is 0 Å². The van der Waals surface area contributed by atoms with Gasteiger partial charge in [-0.15, -0.1) is 0 Å². The molecule has 0 bridgehead atoms. The van der Waals surface area contributed by atoms with Gasteiger partial charge in [0.05, 0.1) is 0 Å². The molecule has 0 heterocycles. The third-order valence-electron chi connectivity index (χ3n) is 15.2. The van der Waals surface area contributed by atoms with Crippen molar-refractivity contribution < 1.29 is 28.6 Å². The Morgan fingerprint density at radius 3 is 0.762 bits per heavy atom. The molecular formula is C74H130O6. The Morgan fingerprint density at radius 2 is 0.487 bits per heavy atom. The molecule has 462 valence electrons. The van der Waals surface area contributed by atoms with Crippen molar-refractivity contribution in [2.45, 2.75) is 354 Å². The molecule has 1 unspecified atom stereocenters. The van der Waals surface area contributed by atoms with Crippen LogP contribution >= 0.6 is 0 Å². The molecule has 0 aromatic carbocycles. The van der Waals surface area contributed by atoms with Crippen LogP contribution in [-0.4, -0.2) is 37.2 Å². The molecule has 1 atom stereocenters. The second-order valence-electron chi connectivity index (χ2n) is 23.1. The van der Waals surface area contributed by atoms with Gasteiger partial charge in [0.1, 0.15) is 13.2 Å². The average Bonchev–Trinajstić information content (AvgIpc) is 3.46. The molecule has 0 saturated heterocycles. The van der Waals surface area contributed by atoms with E-state index in [4.69, 9.17) is 14.2 Å². The van der Waals surface area contributed by atoms with Crippen LogP contribution in [0.25, 0.3) is 0 Å². The van der Waals surface area contributed by atoms with Gasteiger partial charge in [-0.3, -0.25) is 14.4 Å². The Labute approximate surface area is 496 Å². The lowest BCUT2D eigenvalue weighted by Crippen LogP contribution is -2.30. The van der Waals surface area contributed by atoms with Crippen molar-refractivity contribution in [3.8, 4) is 0 Å². The van der Waals surface area contributed by atoms with Gasteiger partial charge in [0.2, 0.25) is 0 Å². The van der Waals surface area contributed by atoms with E-state index in [2.05, 4.69) is 106 Å². The first-order valence-electron chi connectivity index (χ1n) is 34.6. The molecule has 80 heavy (non-hydrogen) atoms. The maximum Gasteiger partial charge on any atom is 0.306 e. The van der Waals surface area contributed by atoms with E-state index in [1.54, 1.807) is 0 Å². The number of carbonyl (C=O) groups is 3. The molecular weight excluding hydrogens is 985 g/mol. The Bertz CT molecular complexity index is 1520. The normalized spacial score (nSPS) is 12.6. The second-order valence-corrected chi connectivity index (χ2v) is 23.1. The zero-order chi connectivity index (χ0) is 57.8. The third-order valence-corrected chi connectivity index (χ3v) is 15.2. The molecule has 0 aliphatic carbocycles. The van der Waals surface area contributed by atoms with Gasteiger partial charge in [0, 0.05) is 19.3 Å². The average molecular weight is 1120 g/mol. The Hall–Kier alpha value is -3.41. The van der Waals surface area contributed by atoms with Crippen LogP contribution in [0.2, 0.25) is 0 Å². The summed E-state index contributed by atoms with van der Waals surface area (Å²) in [6.07, 6.45) is 90.6. The molecule has 0 radical (unpaired) electrons. The lowest BCUT2D eigenvalue weighted by atomic mass is 10.0. The van der Waals surface area contributed by atoms with E-state index in [0.717, 1.165) is 103 Å². The Balaban J connectivity index is 4.06. The highest BCUT2D eigenvalue weighted by Crippen LogP contribution is 2.18. The van der Waals surface area contributed by atoms with Gasteiger partial charge in [-0.05, 0) is 77.0 Å². The predicted molar refractivity (Wildman–Crippen MR) is 348 cm³/mol. The third kappa shape index (κ3) is 65.4. The van der Waals surface area contributed by atoms with Crippen molar-refractivity contribution in [1.29, 1.82) is 0 Å². The molecule has 6 heteroatoms. The van der Waals surface area contributed by atoms with Gasteiger partial charge in [0.15, 0.2) is 6.10 Å². The lowest BCUT2D eigenvalue weighted by Gasteiger charge is -2.18. The number of unbranched alkanes of at least 4 members (excludes halogenated alkanes) is 38. The molecule has 0 rings (SSSR count). The highest BCUT2D eigenvalue weighted by Gasteiger charge is 2.19. The molecule has 0 spiro atoms. The van der Waals surface area contributed by atoms with Gasteiger partial charge < -0.3 is 14.2 Å². The summed E-state index contributed by atoms with van der Waals surface area (Å²) in [5, 5.41) is 0. The summed E-state index contributed by atoms with van der Waals surface area (Å²) >= 11 is 0. The lowest BCUT2D eigenvalue weighted by molar-refractivity contribution is -0.167. The van der Waals surface area contributed by atoms with Crippen molar-refractivity contribution in [3.05, 3.63) is 85.1 Å². The van der Waals surface area contributed by atoms with E-state index in [9.17, 15) is 14.4 Å². The monoisotopic (exact) mass is 1110 g/mol. The predicted octanol–water partition coefficient (Wildman–Crippen LogP) is 23.8. The van der Waals surface area contributed by atoms with Crippen molar-refractivity contribution in [2.24, 2.45) is 0 Å². The number of rotatable bonds is 63.